The molecule has 1 aromatic heterocycles. The van der Waals surface area contributed by atoms with Gasteiger partial charge in [0.2, 0.25) is 5.91 Å². The first-order chi connectivity index (χ1) is 17.4. The fourth-order valence-electron chi connectivity index (χ4n) is 3.49. The highest BCUT2D eigenvalue weighted by Crippen LogP contribution is 2.30. The van der Waals surface area contributed by atoms with Crippen LogP contribution in [0.3, 0.4) is 0 Å². The summed E-state index contributed by atoms with van der Waals surface area (Å²) in [6.07, 6.45) is 0. The monoisotopic (exact) mass is 525 g/mol. The average molecular weight is 526 g/mol. The molecule has 10 heteroatoms. The van der Waals surface area contributed by atoms with E-state index < -0.39 is 11.9 Å². The number of benzene rings is 3. The van der Waals surface area contributed by atoms with Gasteiger partial charge in [0.05, 0.1) is 27.1 Å². The normalized spacial score (nSPS) is 10.7. The van der Waals surface area contributed by atoms with E-state index in [-0.39, 0.29) is 34.6 Å². The Morgan fingerprint density at radius 1 is 0.944 bits per heavy atom. The minimum atomic E-state index is -0.528. The summed E-state index contributed by atoms with van der Waals surface area (Å²) in [4.78, 5) is 27.1. The third kappa shape index (κ3) is 5.84. The molecule has 1 heterocycles. The minimum absolute atomic E-state index is 0.236. The molecular weight excluding hydrogens is 504 g/mol. The zero-order valence-electron chi connectivity index (χ0n) is 19.2. The summed E-state index contributed by atoms with van der Waals surface area (Å²) < 4.78 is 15.0. The number of hydrogen-bond donors (Lipinski definition) is 2. The van der Waals surface area contributed by atoms with E-state index in [4.69, 9.17) is 23.2 Å². The van der Waals surface area contributed by atoms with E-state index >= 15 is 0 Å². The smallest absolute Gasteiger partial charge is 0.315 e. The van der Waals surface area contributed by atoms with Crippen molar-refractivity contribution in [3.05, 3.63) is 94.7 Å². The number of para-hydroxylation sites is 1. The molecule has 4 rings (SSSR count). The zero-order chi connectivity index (χ0) is 25.7. The highest BCUT2D eigenvalue weighted by Gasteiger charge is 2.20. The number of nitrogens with zero attached hydrogens (tertiary/aromatic N) is 3. The van der Waals surface area contributed by atoms with Crippen LogP contribution in [0, 0.1) is 5.82 Å². The van der Waals surface area contributed by atoms with Crippen molar-refractivity contribution in [2.24, 2.45) is 0 Å². The van der Waals surface area contributed by atoms with Crippen LogP contribution in [0.2, 0.25) is 10.0 Å². The molecule has 0 unspecified atom stereocenters. The van der Waals surface area contributed by atoms with E-state index in [0.29, 0.717) is 17.2 Å². The molecule has 184 valence electrons. The van der Waals surface area contributed by atoms with Crippen LogP contribution < -0.4 is 10.6 Å². The first-order valence-electron chi connectivity index (χ1n) is 11.1. The van der Waals surface area contributed by atoms with Crippen molar-refractivity contribution in [2.45, 2.75) is 6.92 Å². The van der Waals surface area contributed by atoms with Crippen LogP contribution >= 0.6 is 23.2 Å². The van der Waals surface area contributed by atoms with Crippen LogP contribution in [0.5, 0.6) is 0 Å². The van der Waals surface area contributed by atoms with E-state index in [1.54, 1.807) is 43.3 Å². The molecule has 36 heavy (non-hydrogen) atoms. The first kappa shape index (κ1) is 25.2. The maximum atomic E-state index is 13.5. The maximum Gasteiger partial charge on any atom is 0.322 e. The highest BCUT2D eigenvalue weighted by atomic mass is 35.5. The number of aromatic nitrogens is 2. The van der Waals surface area contributed by atoms with Crippen molar-refractivity contribution in [1.29, 1.82) is 0 Å². The summed E-state index contributed by atoms with van der Waals surface area (Å²) in [6.45, 7) is 1.77. The van der Waals surface area contributed by atoms with E-state index in [1.807, 2.05) is 30.3 Å². The number of carbonyl (C=O) groups excluding carboxylic acids is 2. The third-order valence-corrected chi connectivity index (χ3v) is 5.95. The molecule has 0 atom stereocenters. The molecule has 0 saturated heterocycles. The van der Waals surface area contributed by atoms with E-state index in [0.717, 1.165) is 5.56 Å². The Balaban J connectivity index is 1.55. The number of carbonyl (C=O) groups is 2. The van der Waals surface area contributed by atoms with Gasteiger partial charge in [0.25, 0.3) is 0 Å². The summed E-state index contributed by atoms with van der Waals surface area (Å²) in [5.74, 6) is -0.459. The van der Waals surface area contributed by atoms with E-state index in [9.17, 15) is 14.0 Å². The standard InChI is InChI=1S/C26H22Cl2FN5O2/c1-2-33(26(36)31-25-20(27)9-6-10-21(25)28)16-24(35)30-23-15-22(17-7-4-3-5-8-17)32-34(23)19-13-11-18(29)12-14-19/h3-15H,2,16H2,1H3,(H,30,35)(H,31,36). The van der Waals surface area contributed by atoms with E-state index in [2.05, 4.69) is 15.7 Å². The van der Waals surface area contributed by atoms with Gasteiger partial charge in [-0.15, -0.1) is 0 Å². The van der Waals surface area contributed by atoms with Crippen molar-refractivity contribution >= 4 is 46.6 Å². The number of hydrogen-bond acceptors (Lipinski definition) is 3. The second kappa shape index (κ2) is 11.2. The van der Waals surface area contributed by atoms with Gasteiger partial charge in [-0.05, 0) is 43.3 Å². The molecule has 0 bridgehead atoms. The highest BCUT2D eigenvalue weighted by molar-refractivity contribution is 6.39. The molecule has 3 amide bonds. The van der Waals surface area contributed by atoms with Crippen molar-refractivity contribution in [2.75, 3.05) is 23.7 Å². The largest absolute Gasteiger partial charge is 0.322 e. The molecule has 4 aromatic rings. The molecular formula is C26H22Cl2FN5O2. The number of nitrogens with one attached hydrogen (secondary N) is 2. The van der Waals surface area contributed by atoms with Crippen LogP contribution in [0.1, 0.15) is 6.92 Å². The van der Waals surface area contributed by atoms with Gasteiger partial charge in [0, 0.05) is 18.2 Å². The van der Waals surface area contributed by atoms with Crippen LogP contribution in [0.4, 0.5) is 20.7 Å². The number of rotatable bonds is 7. The van der Waals surface area contributed by atoms with Crippen LogP contribution in [0.15, 0.2) is 78.9 Å². The Bertz CT molecular complexity index is 1360. The predicted octanol–water partition coefficient (Wildman–Crippen LogP) is 6.48. The minimum Gasteiger partial charge on any atom is -0.315 e. The summed E-state index contributed by atoms with van der Waals surface area (Å²) in [5.41, 5.74) is 2.30. The number of anilines is 2. The van der Waals surface area contributed by atoms with Crippen LogP contribution in [0.25, 0.3) is 16.9 Å². The quantitative estimate of drug-likeness (QED) is 0.290. The molecule has 0 aliphatic heterocycles. The van der Waals surface area contributed by atoms with Gasteiger partial charge in [0.1, 0.15) is 18.2 Å². The molecule has 0 radical (unpaired) electrons. The first-order valence-corrected chi connectivity index (χ1v) is 11.8. The van der Waals surface area contributed by atoms with Crippen molar-refractivity contribution in [1.82, 2.24) is 14.7 Å². The van der Waals surface area contributed by atoms with Gasteiger partial charge in [-0.3, -0.25) is 4.79 Å². The van der Waals surface area contributed by atoms with Gasteiger partial charge < -0.3 is 15.5 Å². The van der Waals surface area contributed by atoms with Gasteiger partial charge in [-0.2, -0.15) is 5.10 Å². The number of halogens is 3. The van der Waals surface area contributed by atoms with Crippen molar-refractivity contribution in [3.63, 3.8) is 0 Å². The summed E-state index contributed by atoms with van der Waals surface area (Å²) in [5, 5.41) is 10.6. The molecule has 0 aliphatic carbocycles. The maximum absolute atomic E-state index is 13.5. The lowest BCUT2D eigenvalue weighted by molar-refractivity contribution is -0.116. The number of likely N-dealkylation sites (N-methyl/N-ethyl adjacent to an activating group) is 1. The van der Waals surface area contributed by atoms with Gasteiger partial charge in [-0.1, -0.05) is 59.6 Å². The fraction of sp³-hybridized carbons (Fsp3) is 0.115. The molecule has 7 nitrogen and oxygen atoms in total. The Morgan fingerprint density at radius 2 is 1.61 bits per heavy atom. The second-order valence-electron chi connectivity index (χ2n) is 7.76. The van der Waals surface area contributed by atoms with Crippen molar-refractivity contribution in [3.8, 4) is 16.9 Å². The van der Waals surface area contributed by atoms with Gasteiger partial charge >= 0.3 is 6.03 Å². The number of amides is 3. The lowest BCUT2D eigenvalue weighted by Gasteiger charge is -2.21. The molecule has 2 N–H and O–H groups in total. The average Bonchev–Trinajstić information content (AvgIpc) is 3.29. The summed E-state index contributed by atoms with van der Waals surface area (Å²) in [7, 11) is 0. The van der Waals surface area contributed by atoms with Crippen molar-refractivity contribution < 1.29 is 14.0 Å². The SMILES string of the molecule is CCN(CC(=O)Nc1cc(-c2ccccc2)nn1-c1ccc(F)cc1)C(=O)Nc1c(Cl)cccc1Cl. The Hall–Kier alpha value is -3.88. The van der Waals surface area contributed by atoms with Gasteiger partial charge in [0.15, 0.2) is 0 Å². The molecule has 0 spiro atoms. The molecule has 0 aliphatic rings. The Labute approximate surface area is 217 Å². The summed E-state index contributed by atoms with van der Waals surface area (Å²) >= 11 is 12.3. The molecule has 0 fully saturated rings. The topological polar surface area (TPSA) is 79.3 Å². The third-order valence-electron chi connectivity index (χ3n) is 5.32. The van der Waals surface area contributed by atoms with Crippen LogP contribution in [-0.4, -0.2) is 39.7 Å². The lowest BCUT2D eigenvalue weighted by Crippen LogP contribution is -2.40. The molecule has 0 saturated carbocycles. The Morgan fingerprint density at radius 3 is 2.25 bits per heavy atom. The summed E-state index contributed by atoms with van der Waals surface area (Å²) in [6, 6.07) is 21.3. The predicted molar refractivity (Wildman–Crippen MR) is 140 cm³/mol. The van der Waals surface area contributed by atoms with E-state index in [1.165, 1.54) is 21.7 Å². The second-order valence-corrected chi connectivity index (χ2v) is 8.57. The Kier molecular flexibility index (Phi) is 7.87. The van der Waals surface area contributed by atoms with Gasteiger partial charge in [-0.25, -0.2) is 13.9 Å². The molecule has 3 aromatic carbocycles. The van der Waals surface area contributed by atoms with Crippen LogP contribution in [-0.2, 0) is 4.79 Å². The number of urea groups is 1. The lowest BCUT2D eigenvalue weighted by atomic mass is 10.1. The zero-order valence-corrected chi connectivity index (χ0v) is 20.7. The fourth-order valence-corrected chi connectivity index (χ4v) is 3.98.